The van der Waals surface area contributed by atoms with Gasteiger partial charge in [0.15, 0.2) is 0 Å². The fourth-order valence-electron chi connectivity index (χ4n) is 1.64. The molecule has 0 aliphatic heterocycles. The van der Waals surface area contributed by atoms with Crippen LogP contribution < -0.4 is 4.72 Å². The van der Waals surface area contributed by atoms with E-state index >= 15 is 0 Å². The van der Waals surface area contributed by atoms with Crippen molar-refractivity contribution in [1.29, 1.82) is 0 Å². The topological polar surface area (TPSA) is 46.2 Å². The molecule has 0 fully saturated rings. The first-order valence-corrected chi connectivity index (χ1v) is 7.99. The normalized spacial score (nSPS) is 11.3. The van der Waals surface area contributed by atoms with Crippen LogP contribution in [-0.2, 0) is 10.0 Å². The largest absolute Gasteiger partial charge is 0.280 e. The Labute approximate surface area is 125 Å². The lowest BCUT2D eigenvalue weighted by molar-refractivity contribution is 0.598. The number of hydrogen-bond acceptors (Lipinski definition) is 2. The van der Waals surface area contributed by atoms with Crippen LogP contribution >= 0.6 is 22.6 Å². The molecule has 0 heterocycles. The zero-order valence-corrected chi connectivity index (χ0v) is 13.0. The molecule has 3 nitrogen and oxygen atoms in total. The molecule has 0 atom stereocenters. The van der Waals surface area contributed by atoms with E-state index in [-0.39, 0.29) is 4.90 Å². The van der Waals surface area contributed by atoms with E-state index in [4.69, 9.17) is 0 Å². The molecule has 0 saturated carbocycles. The highest BCUT2D eigenvalue weighted by molar-refractivity contribution is 14.1. The number of sulfonamides is 1. The lowest BCUT2D eigenvalue weighted by Crippen LogP contribution is -2.14. The van der Waals surface area contributed by atoms with Crippen molar-refractivity contribution in [3.8, 4) is 0 Å². The van der Waals surface area contributed by atoms with Gasteiger partial charge in [0.25, 0.3) is 10.0 Å². The Hall–Kier alpha value is -1.15. The predicted molar refractivity (Wildman–Crippen MR) is 81.1 cm³/mol. The molecule has 6 heteroatoms. The van der Waals surface area contributed by atoms with Crippen molar-refractivity contribution in [2.45, 2.75) is 11.8 Å². The maximum atomic E-state index is 13.0. The summed E-state index contributed by atoms with van der Waals surface area (Å²) in [5.41, 5.74) is 0.849. The molecule has 0 unspecified atom stereocenters. The van der Waals surface area contributed by atoms with Crippen LogP contribution in [0.4, 0.5) is 10.1 Å². The van der Waals surface area contributed by atoms with E-state index in [9.17, 15) is 12.8 Å². The molecule has 2 aromatic rings. The van der Waals surface area contributed by atoms with Crippen molar-refractivity contribution in [2.24, 2.45) is 0 Å². The average Bonchev–Trinajstić information content (AvgIpc) is 2.31. The number of nitrogens with one attached hydrogen (secondary N) is 1. The third kappa shape index (κ3) is 3.44. The molecular formula is C13H11FINO2S. The Morgan fingerprint density at radius 2 is 1.74 bits per heavy atom. The van der Waals surface area contributed by atoms with E-state index in [1.807, 2.05) is 0 Å². The van der Waals surface area contributed by atoms with Gasteiger partial charge in [0.2, 0.25) is 0 Å². The number of benzene rings is 2. The van der Waals surface area contributed by atoms with Gasteiger partial charge >= 0.3 is 0 Å². The number of hydrogen-bond donors (Lipinski definition) is 1. The van der Waals surface area contributed by atoms with E-state index in [1.165, 1.54) is 12.1 Å². The van der Waals surface area contributed by atoms with E-state index in [2.05, 4.69) is 27.3 Å². The minimum absolute atomic E-state index is 0.0763. The van der Waals surface area contributed by atoms with Gasteiger partial charge in [0.1, 0.15) is 5.82 Å². The molecule has 0 bridgehead atoms. The summed E-state index contributed by atoms with van der Waals surface area (Å²) in [4.78, 5) is 0.0763. The van der Waals surface area contributed by atoms with Crippen molar-refractivity contribution < 1.29 is 12.8 Å². The first-order valence-electron chi connectivity index (χ1n) is 5.43. The highest BCUT2D eigenvalue weighted by Crippen LogP contribution is 2.20. The van der Waals surface area contributed by atoms with Gasteiger partial charge in [0.05, 0.1) is 4.90 Å². The molecule has 0 spiro atoms. The van der Waals surface area contributed by atoms with Gasteiger partial charge in [-0.3, -0.25) is 4.72 Å². The molecule has 1 N–H and O–H groups in total. The van der Waals surface area contributed by atoms with Gasteiger partial charge in [0, 0.05) is 9.26 Å². The predicted octanol–water partition coefficient (Wildman–Crippen LogP) is 3.54. The standard InChI is InChI=1S/C13H11FINO2S/c1-9-8-10(14)2-7-13(9)19(17,18)16-12-5-3-11(15)4-6-12/h2-8,16H,1H3. The number of halogens is 2. The summed E-state index contributed by atoms with van der Waals surface area (Å²) in [5.74, 6) is -0.453. The summed E-state index contributed by atoms with van der Waals surface area (Å²) < 4.78 is 40.8. The molecule has 0 aromatic heterocycles. The number of rotatable bonds is 3. The van der Waals surface area contributed by atoms with Crippen LogP contribution in [0, 0.1) is 16.3 Å². The van der Waals surface area contributed by atoms with Crippen LogP contribution in [0.5, 0.6) is 0 Å². The van der Waals surface area contributed by atoms with Crippen LogP contribution in [0.2, 0.25) is 0 Å². The third-order valence-electron chi connectivity index (χ3n) is 2.52. The van der Waals surface area contributed by atoms with E-state index < -0.39 is 15.8 Å². The first-order chi connectivity index (χ1) is 8.88. The van der Waals surface area contributed by atoms with Crippen LogP contribution in [-0.4, -0.2) is 8.42 Å². The molecule has 0 saturated heterocycles. The molecule has 2 rings (SSSR count). The maximum Gasteiger partial charge on any atom is 0.262 e. The monoisotopic (exact) mass is 391 g/mol. The second-order valence-electron chi connectivity index (χ2n) is 4.02. The minimum atomic E-state index is -3.69. The van der Waals surface area contributed by atoms with E-state index in [0.29, 0.717) is 11.3 Å². The minimum Gasteiger partial charge on any atom is -0.280 e. The van der Waals surface area contributed by atoms with E-state index in [0.717, 1.165) is 9.64 Å². The summed E-state index contributed by atoms with van der Waals surface area (Å²) >= 11 is 2.14. The van der Waals surface area contributed by atoms with Crippen molar-refractivity contribution >= 4 is 38.3 Å². The van der Waals surface area contributed by atoms with Gasteiger partial charge in [-0.25, -0.2) is 12.8 Å². The summed E-state index contributed by atoms with van der Waals surface area (Å²) in [6.07, 6.45) is 0. The maximum absolute atomic E-state index is 13.0. The van der Waals surface area contributed by atoms with Gasteiger partial charge in [-0.15, -0.1) is 0 Å². The van der Waals surface area contributed by atoms with Crippen LogP contribution in [0.3, 0.4) is 0 Å². The Kier molecular flexibility index (Phi) is 4.10. The Morgan fingerprint density at radius 3 is 2.32 bits per heavy atom. The third-order valence-corrected chi connectivity index (χ3v) is 4.78. The molecule has 0 aliphatic rings. The van der Waals surface area contributed by atoms with Gasteiger partial charge in [-0.2, -0.15) is 0 Å². The second-order valence-corrected chi connectivity index (χ2v) is 6.92. The summed E-state index contributed by atoms with van der Waals surface area (Å²) in [7, 11) is -3.69. The smallest absolute Gasteiger partial charge is 0.262 e. The fraction of sp³-hybridized carbons (Fsp3) is 0.0769. The van der Waals surface area contributed by atoms with E-state index in [1.54, 1.807) is 31.2 Å². The zero-order chi connectivity index (χ0) is 14.0. The highest BCUT2D eigenvalue weighted by atomic mass is 127. The first kappa shape index (κ1) is 14.3. The Morgan fingerprint density at radius 1 is 1.11 bits per heavy atom. The summed E-state index contributed by atoms with van der Waals surface area (Å²) in [6.45, 7) is 1.56. The van der Waals surface area contributed by atoms with Crippen molar-refractivity contribution in [1.82, 2.24) is 0 Å². The average molecular weight is 391 g/mol. The molecule has 2 aromatic carbocycles. The van der Waals surface area contributed by atoms with Crippen molar-refractivity contribution in [3.05, 3.63) is 57.4 Å². The molecule has 19 heavy (non-hydrogen) atoms. The van der Waals surface area contributed by atoms with Crippen LogP contribution in [0.15, 0.2) is 47.4 Å². The molecule has 0 aliphatic carbocycles. The van der Waals surface area contributed by atoms with Gasteiger partial charge < -0.3 is 0 Å². The van der Waals surface area contributed by atoms with Gasteiger partial charge in [-0.05, 0) is 77.5 Å². The van der Waals surface area contributed by atoms with Crippen LogP contribution in [0.1, 0.15) is 5.56 Å². The Balaban J connectivity index is 2.35. The van der Waals surface area contributed by atoms with Crippen molar-refractivity contribution in [3.63, 3.8) is 0 Å². The summed E-state index contributed by atoms with van der Waals surface area (Å²) in [6, 6.07) is 10.6. The number of aryl methyl sites for hydroxylation is 1. The van der Waals surface area contributed by atoms with Crippen molar-refractivity contribution in [2.75, 3.05) is 4.72 Å². The lowest BCUT2D eigenvalue weighted by atomic mass is 10.2. The van der Waals surface area contributed by atoms with Crippen LogP contribution in [0.25, 0.3) is 0 Å². The molecule has 0 amide bonds. The SMILES string of the molecule is Cc1cc(F)ccc1S(=O)(=O)Nc1ccc(I)cc1. The second kappa shape index (κ2) is 5.46. The summed E-state index contributed by atoms with van der Waals surface area (Å²) in [5, 5.41) is 0. The zero-order valence-electron chi connectivity index (χ0n) is 10.0. The number of anilines is 1. The Bertz CT molecular complexity index is 699. The molecular weight excluding hydrogens is 380 g/mol. The quantitative estimate of drug-likeness (QED) is 0.814. The highest BCUT2D eigenvalue weighted by Gasteiger charge is 2.17. The lowest BCUT2D eigenvalue weighted by Gasteiger charge is -2.10. The molecule has 100 valence electrons. The van der Waals surface area contributed by atoms with Gasteiger partial charge in [-0.1, -0.05) is 0 Å². The molecule has 0 radical (unpaired) electrons. The fourth-order valence-corrected chi connectivity index (χ4v) is 3.29.